The first kappa shape index (κ1) is 18.4. The number of carbonyl (C=O) groups is 2. The molecule has 4 rings (SSSR count). The Labute approximate surface area is 172 Å². The van der Waals surface area contributed by atoms with E-state index < -0.39 is 5.54 Å². The minimum Gasteiger partial charge on any atom is -0.271 e. The van der Waals surface area contributed by atoms with Gasteiger partial charge in [-0.2, -0.15) is 0 Å². The van der Waals surface area contributed by atoms with Gasteiger partial charge in [-0.1, -0.05) is 90.5 Å². The fourth-order valence-electron chi connectivity index (χ4n) is 3.63. The van der Waals surface area contributed by atoms with Crippen LogP contribution in [0.2, 0.25) is 0 Å². The van der Waals surface area contributed by atoms with Crippen LogP contribution in [0.3, 0.4) is 0 Å². The van der Waals surface area contributed by atoms with Crippen LogP contribution in [0, 0.1) is 6.92 Å². The van der Waals surface area contributed by atoms with Crippen molar-refractivity contribution in [2.75, 3.05) is 0 Å². The second kappa shape index (κ2) is 7.24. The van der Waals surface area contributed by atoms with Crippen LogP contribution in [0.1, 0.15) is 22.3 Å². The fourth-order valence-corrected chi connectivity index (χ4v) is 4.38. The highest BCUT2D eigenvalue weighted by atomic mass is 79.9. The quantitative estimate of drug-likeness (QED) is 0.427. The van der Waals surface area contributed by atoms with Crippen molar-refractivity contribution in [1.29, 1.82) is 0 Å². The molecule has 3 amide bonds. The minimum absolute atomic E-state index is 0.224. The van der Waals surface area contributed by atoms with Gasteiger partial charge in [-0.3, -0.25) is 9.69 Å². The molecule has 1 fully saturated rings. The van der Waals surface area contributed by atoms with Gasteiger partial charge in [0.25, 0.3) is 5.91 Å². The number of benzene rings is 3. The number of carbonyl (C=O) groups excluding carboxylic acids is 2. The van der Waals surface area contributed by atoms with E-state index in [2.05, 4.69) is 16.1 Å². The largest absolute Gasteiger partial charge is 0.338 e. The van der Waals surface area contributed by atoms with Crippen molar-refractivity contribution >= 4 is 28.1 Å². The van der Waals surface area contributed by atoms with E-state index >= 15 is 0 Å². The summed E-state index contributed by atoms with van der Waals surface area (Å²) in [4.78, 5) is 28.2. The van der Waals surface area contributed by atoms with E-state index in [0.717, 1.165) is 22.3 Å². The molecule has 0 unspecified atom stereocenters. The third-order valence-electron chi connectivity index (χ3n) is 5.09. The van der Waals surface area contributed by atoms with Crippen molar-refractivity contribution in [1.82, 2.24) is 8.83 Å². The molecule has 0 spiro atoms. The van der Waals surface area contributed by atoms with Gasteiger partial charge in [0.15, 0.2) is 5.54 Å². The smallest absolute Gasteiger partial charge is 0.271 e. The Balaban J connectivity index is 1.84. The van der Waals surface area contributed by atoms with Crippen molar-refractivity contribution in [2.45, 2.75) is 19.0 Å². The average molecular weight is 435 g/mol. The molecule has 0 bridgehead atoms. The van der Waals surface area contributed by atoms with Gasteiger partial charge < -0.3 is 0 Å². The number of hydrogen-bond donors (Lipinski definition) is 0. The lowest BCUT2D eigenvalue weighted by atomic mass is 9.82. The summed E-state index contributed by atoms with van der Waals surface area (Å²) in [5.41, 5.74) is 2.27. The van der Waals surface area contributed by atoms with Crippen LogP contribution < -0.4 is 0 Å². The maximum Gasteiger partial charge on any atom is 0.338 e. The monoisotopic (exact) mass is 434 g/mol. The van der Waals surface area contributed by atoms with Crippen LogP contribution in [0.15, 0.2) is 84.9 Å². The maximum absolute atomic E-state index is 13.8. The summed E-state index contributed by atoms with van der Waals surface area (Å²) >= 11 is 3.43. The van der Waals surface area contributed by atoms with E-state index in [1.54, 1.807) is 0 Å². The molecular weight excluding hydrogens is 416 g/mol. The molecule has 3 aromatic carbocycles. The summed E-state index contributed by atoms with van der Waals surface area (Å²) in [6.45, 7) is 2.23. The van der Waals surface area contributed by atoms with Crippen LogP contribution in [0.25, 0.3) is 0 Å². The number of nitrogens with zero attached hydrogens (tertiary/aromatic N) is 2. The Morgan fingerprint density at radius 2 is 1.29 bits per heavy atom. The van der Waals surface area contributed by atoms with E-state index in [-0.39, 0.29) is 18.5 Å². The first-order chi connectivity index (χ1) is 13.5. The Morgan fingerprint density at radius 1 is 0.786 bits per heavy atom. The molecule has 140 valence electrons. The first-order valence-electron chi connectivity index (χ1n) is 9.03. The molecule has 5 heteroatoms. The molecule has 0 aromatic heterocycles. The van der Waals surface area contributed by atoms with E-state index in [0.29, 0.717) is 0 Å². The van der Waals surface area contributed by atoms with E-state index in [1.807, 2.05) is 91.9 Å². The highest BCUT2D eigenvalue weighted by Gasteiger charge is 2.59. The van der Waals surface area contributed by atoms with E-state index in [4.69, 9.17) is 0 Å². The minimum atomic E-state index is -1.25. The third kappa shape index (κ3) is 2.83. The van der Waals surface area contributed by atoms with Crippen LogP contribution in [-0.2, 0) is 16.9 Å². The summed E-state index contributed by atoms with van der Waals surface area (Å²) < 4.78 is 1.38. The summed E-state index contributed by atoms with van der Waals surface area (Å²) in [5, 5.41) is 0. The number of halogens is 1. The lowest BCUT2D eigenvalue weighted by Gasteiger charge is -2.32. The second-order valence-corrected chi connectivity index (χ2v) is 7.59. The fraction of sp³-hybridized carbons (Fsp3) is 0.130. The van der Waals surface area contributed by atoms with Gasteiger partial charge >= 0.3 is 6.03 Å². The summed E-state index contributed by atoms with van der Waals surface area (Å²) in [5.74, 6) is -0.271. The van der Waals surface area contributed by atoms with Crippen molar-refractivity contribution in [3.05, 3.63) is 107 Å². The molecule has 0 saturated carbocycles. The molecule has 0 atom stereocenters. The molecule has 1 heterocycles. The molecular formula is C23H19BrN2O2. The Morgan fingerprint density at radius 3 is 1.79 bits per heavy atom. The van der Waals surface area contributed by atoms with Gasteiger partial charge in [-0.15, -0.1) is 0 Å². The van der Waals surface area contributed by atoms with Gasteiger partial charge in [0.05, 0.1) is 22.7 Å². The predicted octanol–water partition coefficient (Wildman–Crippen LogP) is 5.01. The highest BCUT2D eigenvalue weighted by Crippen LogP contribution is 2.45. The van der Waals surface area contributed by atoms with Crippen molar-refractivity contribution < 1.29 is 9.59 Å². The number of hydrogen-bond acceptors (Lipinski definition) is 2. The molecule has 0 aliphatic carbocycles. The van der Waals surface area contributed by atoms with Gasteiger partial charge in [-0.25, -0.2) is 8.72 Å². The van der Waals surface area contributed by atoms with Crippen molar-refractivity contribution in [3.63, 3.8) is 0 Å². The number of urea groups is 1. The van der Waals surface area contributed by atoms with Crippen molar-refractivity contribution in [2.24, 2.45) is 0 Å². The topological polar surface area (TPSA) is 40.6 Å². The predicted molar refractivity (Wildman–Crippen MR) is 112 cm³/mol. The molecule has 3 aromatic rings. The molecule has 0 N–H and O–H groups in total. The van der Waals surface area contributed by atoms with Gasteiger partial charge in [0, 0.05) is 0 Å². The van der Waals surface area contributed by atoms with E-state index in [9.17, 15) is 9.59 Å². The summed E-state index contributed by atoms with van der Waals surface area (Å²) in [6.07, 6.45) is 0. The summed E-state index contributed by atoms with van der Waals surface area (Å²) in [7, 11) is 0. The third-order valence-corrected chi connectivity index (χ3v) is 5.93. The zero-order valence-electron chi connectivity index (χ0n) is 15.4. The molecule has 4 nitrogen and oxygen atoms in total. The first-order valence-corrected chi connectivity index (χ1v) is 9.74. The summed E-state index contributed by atoms with van der Waals surface area (Å²) in [6, 6.07) is 26.3. The van der Waals surface area contributed by atoms with Gasteiger partial charge in [0.1, 0.15) is 0 Å². The van der Waals surface area contributed by atoms with Crippen molar-refractivity contribution in [3.8, 4) is 0 Å². The lowest BCUT2D eigenvalue weighted by molar-refractivity contribution is -0.131. The standard InChI is InChI=1S/C23H19BrN2O2/c1-17-12-14-18(15-13-17)16-25-21(27)23(26(24)22(25)28,19-8-4-2-5-9-19)20-10-6-3-7-11-20/h2-15H,16H2,1H3. The SMILES string of the molecule is Cc1ccc(CN2C(=O)N(Br)C(c3ccccc3)(c3ccccc3)C2=O)cc1. The number of aryl methyl sites for hydroxylation is 1. The molecule has 0 radical (unpaired) electrons. The molecule has 1 aliphatic rings. The number of rotatable bonds is 4. The molecule has 1 aliphatic heterocycles. The lowest BCUT2D eigenvalue weighted by Crippen LogP contribution is -2.43. The van der Waals surface area contributed by atoms with Crippen LogP contribution in [0.5, 0.6) is 0 Å². The maximum atomic E-state index is 13.8. The number of amides is 3. The second-order valence-electron chi connectivity index (χ2n) is 6.88. The average Bonchev–Trinajstić information content (AvgIpc) is 2.92. The van der Waals surface area contributed by atoms with E-state index in [1.165, 1.54) is 8.83 Å². The van der Waals surface area contributed by atoms with Crippen LogP contribution in [-0.4, -0.2) is 20.8 Å². The zero-order chi connectivity index (χ0) is 19.7. The highest BCUT2D eigenvalue weighted by molar-refractivity contribution is 9.07. The van der Waals surface area contributed by atoms with Crippen LogP contribution in [0.4, 0.5) is 4.79 Å². The Bertz CT molecular complexity index is 964. The van der Waals surface area contributed by atoms with Gasteiger partial charge in [-0.05, 0) is 23.6 Å². The Hall–Kier alpha value is -2.92. The Kier molecular flexibility index (Phi) is 4.77. The molecule has 1 saturated heterocycles. The number of imide groups is 1. The normalized spacial score (nSPS) is 15.9. The zero-order valence-corrected chi connectivity index (χ0v) is 17.0. The van der Waals surface area contributed by atoms with Gasteiger partial charge in [0.2, 0.25) is 0 Å². The molecule has 28 heavy (non-hydrogen) atoms. The van der Waals surface area contributed by atoms with Crippen LogP contribution >= 0.6 is 16.1 Å².